The van der Waals surface area contributed by atoms with Gasteiger partial charge in [0.05, 0.1) is 31.7 Å². The number of rotatable bonds is 7. The average Bonchev–Trinajstić information content (AvgIpc) is 3.20. The maximum Gasteiger partial charge on any atom is 0.272 e. The van der Waals surface area contributed by atoms with Crippen molar-refractivity contribution in [3.05, 3.63) is 87.4 Å². The Balaban J connectivity index is 1.56. The molecular formula is C25H24Cl5N3O4. The van der Waals surface area contributed by atoms with E-state index in [0.717, 1.165) is 22.3 Å². The van der Waals surface area contributed by atoms with Crippen LogP contribution in [-0.4, -0.2) is 30.5 Å². The lowest BCUT2D eigenvalue weighted by molar-refractivity contribution is -0.276. The van der Waals surface area contributed by atoms with Gasteiger partial charge in [-0.2, -0.15) is 0 Å². The maximum atomic E-state index is 11.8. The van der Waals surface area contributed by atoms with Gasteiger partial charge in [0.15, 0.2) is 11.4 Å². The van der Waals surface area contributed by atoms with Crippen molar-refractivity contribution in [3.8, 4) is 0 Å². The number of aliphatic hydroxyl groups is 1. The molecule has 0 spiro atoms. The molecule has 37 heavy (non-hydrogen) atoms. The molecule has 2 heterocycles. The first-order chi connectivity index (χ1) is 17.6. The predicted molar refractivity (Wildman–Crippen MR) is 144 cm³/mol. The first-order valence-corrected chi connectivity index (χ1v) is 13.3. The standard InChI is InChI=1S/C25H24Cl5N3O4/c1-14-19(11-33-13-32-21(26)22(33)27)36-23(37-20(14)17-6-4-16(12-34)5-7-17)18-8-2-15(3-9-18)10-31-24(35)25(28,29)30/h2-9,13-14,19-20,23,34H,10-12H2,1H3,(H,31,35)/t14-,19+,20+,23+/m1/s1. The van der Waals surface area contributed by atoms with Crippen LogP contribution >= 0.6 is 58.0 Å². The number of nitrogens with zero attached hydrogens (tertiary/aromatic N) is 2. The van der Waals surface area contributed by atoms with E-state index in [1.807, 2.05) is 55.5 Å². The number of benzene rings is 2. The first-order valence-electron chi connectivity index (χ1n) is 11.4. The molecule has 1 aliphatic rings. The molecule has 2 N–H and O–H groups in total. The highest BCUT2D eigenvalue weighted by molar-refractivity contribution is 6.76. The van der Waals surface area contributed by atoms with E-state index in [0.29, 0.717) is 11.7 Å². The van der Waals surface area contributed by atoms with Crippen LogP contribution in [0.15, 0.2) is 54.9 Å². The Morgan fingerprint density at radius 2 is 1.65 bits per heavy atom. The number of aromatic nitrogens is 2. The number of ether oxygens (including phenoxy) is 2. The molecule has 4 rings (SSSR count). The van der Waals surface area contributed by atoms with Gasteiger partial charge in [-0.05, 0) is 16.7 Å². The number of nitrogens with one attached hydrogen (secondary N) is 1. The molecule has 1 aliphatic heterocycles. The number of carbonyl (C=O) groups excluding carboxylic acids is 1. The minimum atomic E-state index is -2.03. The summed E-state index contributed by atoms with van der Waals surface area (Å²) in [5, 5.41) is 12.6. The summed E-state index contributed by atoms with van der Waals surface area (Å²) in [4.78, 5) is 15.9. The SMILES string of the molecule is C[C@@H]1[C@H](Cn2cnc(Cl)c2Cl)O[C@H](c2ccc(CNC(=O)C(Cl)(Cl)Cl)cc2)O[C@@H]1c1ccc(CO)cc1. The summed E-state index contributed by atoms with van der Waals surface area (Å²) in [7, 11) is 0. The number of halogens is 5. The Kier molecular flexibility index (Phi) is 9.30. The summed E-state index contributed by atoms with van der Waals surface area (Å²) in [5.74, 6) is -0.754. The van der Waals surface area contributed by atoms with Crippen molar-refractivity contribution in [2.24, 2.45) is 5.92 Å². The van der Waals surface area contributed by atoms with Crippen LogP contribution in [0, 0.1) is 5.92 Å². The zero-order chi connectivity index (χ0) is 26.7. The summed E-state index contributed by atoms with van der Waals surface area (Å²) in [6.45, 7) is 2.63. The quantitative estimate of drug-likeness (QED) is 0.314. The van der Waals surface area contributed by atoms with Crippen molar-refractivity contribution in [2.75, 3.05) is 0 Å². The largest absolute Gasteiger partial charge is 0.392 e. The summed E-state index contributed by atoms with van der Waals surface area (Å²) in [6.07, 6.45) is 0.326. The van der Waals surface area contributed by atoms with Crippen LogP contribution in [0.25, 0.3) is 0 Å². The number of carbonyl (C=O) groups is 1. The van der Waals surface area contributed by atoms with E-state index < -0.39 is 16.0 Å². The van der Waals surface area contributed by atoms with Crippen molar-refractivity contribution in [3.63, 3.8) is 0 Å². The van der Waals surface area contributed by atoms with Gasteiger partial charge >= 0.3 is 0 Å². The first kappa shape index (κ1) is 28.5. The van der Waals surface area contributed by atoms with E-state index in [2.05, 4.69) is 10.3 Å². The van der Waals surface area contributed by atoms with Crippen molar-refractivity contribution < 1.29 is 19.4 Å². The predicted octanol–water partition coefficient (Wildman–Crippen LogP) is 6.16. The highest BCUT2D eigenvalue weighted by Crippen LogP contribution is 2.42. The molecule has 0 bridgehead atoms. The third-order valence-electron chi connectivity index (χ3n) is 6.20. The van der Waals surface area contributed by atoms with Crippen molar-refractivity contribution >= 4 is 63.9 Å². The fourth-order valence-electron chi connectivity index (χ4n) is 4.07. The zero-order valence-electron chi connectivity index (χ0n) is 19.6. The third kappa shape index (κ3) is 6.91. The molecule has 7 nitrogen and oxygen atoms in total. The van der Waals surface area contributed by atoms with Crippen molar-refractivity contribution in [2.45, 2.75) is 48.9 Å². The van der Waals surface area contributed by atoms with Gasteiger partial charge in [-0.15, -0.1) is 0 Å². The Hall–Kier alpha value is -1.55. The minimum absolute atomic E-state index is 0.0376. The van der Waals surface area contributed by atoms with E-state index in [1.165, 1.54) is 0 Å². The number of aliphatic hydroxyl groups excluding tert-OH is 1. The second kappa shape index (κ2) is 12.1. The van der Waals surface area contributed by atoms with Crippen LogP contribution in [0.1, 0.15) is 41.6 Å². The number of amides is 1. The number of alkyl halides is 3. The molecule has 1 amide bonds. The van der Waals surface area contributed by atoms with Crippen LogP contribution in [0.5, 0.6) is 0 Å². The molecule has 198 valence electrons. The number of imidazole rings is 1. The second-order valence-corrected chi connectivity index (χ2v) is 11.7. The lowest BCUT2D eigenvalue weighted by Gasteiger charge is -2.41. The number of hydrogen-bond donors (Lipinski definition) is 2. The summed E-state index contributed by atoms with van der Waals surface area (Å²) < 4.78 is 12.6. The monoisotopic (exact) mass is 605 g/mol. The van der Waals surface area contributed by atoms with Crippen molar-refractivity contribution in [1.82, 2.24) is 14.9 Å². The molecule has 1 fully saturated rings. The molecule has 4 atom stereocenters. The minimum Gasteiger partial charge on any atom is -0.392 e. The van der Waals surface area contributed by atoms with Gasteiger partial charge in [0.25, 0.3) is 9.70 Å². The fraction of sp³-hybridized carbons (Fsp3) is 0.360. The molecule has 1 saturated heterocycles. The lowest BCUT2D eigenvalue weighted by Crippen LogP contribution is -2.39. The van der Waals surface area contributed by atoms with Gasteiger partial charge in [0, 0.05) is 18.0 Å². The smallest absolute Gasteiger partial charge is 0.272 e. The Morgan fingerprint density at radius 3 is 2.22 bits per heavy atom. The van der Waals surface area contributed by atoms with Crippen LogP contribution in [0.3, 0.4) is 0 Å². The van der Waals surface area contributed by atoms with Crippen molar-refractivity contribution in [1.29, 1.82) is 0 Å². The molecule has 12 heteroatoms. The highest BCUT2D eigenvalue weighted by atomic mass is 35.6. The molecule has 0 radical (unpaired) electrons. The van der Waals surface area contributed by atoms with Crippen LogP contribution in [0.2, 0.25) is 10.3 Å². The zero-order valence-corrected chi connectivity index (χ0v) is 23.4. The summed E-state index contributed by atoms with van der Waals surface area (Å²) >= 11 is 29.2. The van der Waals surface area contributed by atoms with Crippen LogP contribution in [0.4, 0.5) is 0 Å². The Bertz CT molecular complexity index is 1210. The van der Waals surface area contributed by atoms with E-state index in [9.17, 15) is 9.90 Å². The van der Waals surface area contributed by atoms with E-state index in [4.69, 9.17) is 67.5 Å². The van der Waals surface area contributed by atoms with E-state index >= 15 is 0 Å². The van der Waals surface area contributed by atoms with E-state index in [-0.39, 0.29) is 36.4 Å². The lowest BCUT2D eigenvalue weighted by atomic mass is 9.90. The topological polar surface area (TPSA) is 85.6 Å². The van der Waals surface area contributed by atoms with Gasteiger partial charge in [0.2, 0.25) is 0 Å². The molecule has 3 aromatic rings. The van der Waals surface area contributed by atoms with Gasteiger partial charge in [-0.3, -0.25) is 4.79 Å². The molecule has 2 aromatic carbocycles. The Morgan fingerprint density at radius 1 is 1.03 bits per heavy atom. The normalized spacial score (nSPS) is 22.1. The molecular weight excluding hydrogens is 584 g/mol. The van der Waals surface area contributed by atoms with E-state index in [1.54, 1.807) is 10.9 Å². The average molecular weight is 608 g/mol. The summed E-state index contributed by atoms with van der Waals surface area (Å²) in [5.41, 5.74) is 3.38. The number of hydrogen-bond acceptors (Lipinski definition) is 5. The molecule has 0 aliphatic carbocycles. The summed E-state index contributed by atoms with van der Waals surface area (Å²) in [6, 6.07) is 15.0. The van der Waals surface area contributed by atoms with Gasteiger partial charge in [-0.1, -0.05) is 113 Å². The molecule has 1 aromatic heterocycles. The maximum absolute atomic E-state index is 11.8. The third-order valence-corrected chi connectivity index (χ3v) is 7.48. The van der Waals surface area contributed by atoms with Gasteiger partial charge in [0.1, 0.15) is 5.15 Å². The Labute approximate surface area is 239 Å². The van der Waals surface area contributed by atoms with Gasteiger partial charge < -0.3 is 24.5 Å². The molecule has 0 saturated carbocycles. The highest BCUT2D eigenvalue weighted by Gasteiger charge is 2.39. The van der Waals surface area contributed by atoms with Gasteiger partial charge in [-0.25, -0.2) is 4.98 Å². The second-order valence-electron chi connectivity index (χ2n) is 8.72. The molecule has 0 unspecified atom stereocenters. The van der Waals surface area contributed by atoms with Crippen LogP contribution in [-0.2, 0) is 34.0 Å². The van der Waals surface area contributed by atoms with Crippen LogP contribution < -0.4 is 5.32 Å². The fourth-order valence-corrected chi connectivity index (χ4v) is 4.58.